The predicted molar refractivity (Wildman–Crippen MR) is 105 cm³/mol. The molecule has 1 amide bonds. The standard InChI is InChI=1S/C20H18Cl2FN3O3/c21-13-8-12(11-27)14(16(22)9-13)10-26-18(28)20(23)4-3-19(29,5-6-24)17-15(20)2-1-7-25-17/h1-2,7-9,27,29H,3-5,10-11H2,(H,26,28)/t19-,20+/m1/s1. The summed E-state index contributed by atoms with van der Waals surface area (Å²) < 4.78 is 15.8. The number of amides is 1. The van der Waals surface area contributed by atoms with Crippen LogP contribution in [0, 0.1) is 11.3 Å². The molecule has 0 radical (unpaired) electrons. The quantitative estimate of drug-likeness (QED) is 0.665. The largest absolute Gasteiger partial charge is 0.392 e. The van der Waals surface area contributed by atoms with Crippen LogP contribution in [-0.4, -0.2) is 21.1 Å². The van der Waals surface area contributed by atoms with Crippen LogP contribution in [0.25, 0.3) is 0 Å². The number of aromatic nitrogens is 1. The molecule has 3 N–H and O–H groups in total. The smallest absolute Gasteiger partial charge is 0.262 e. The molecule has 9 heteroatoms. The van der Waals surface area contributed by atoms with Gasteiger partial charge >= 0.3 is 0 Å². The Labute approximate surface area is 176 Å². The zero-order valence-corrected chi connectivity index (χ0v) is 16.8. The molecule has 3 rings (SSSR count). The molecular weight excluding hydrogens is 420 g/mol. The highest BCUT2D eigenvalue weighted by Gasteiger charge is 2.51. The van der Waals surface area contributed by atoms with Crippen LogP contribution in [-0.2, 0) is 29.2 Å². The molecule has 1 aliphatic carbocycles. The van der Waals surface area contributed by atoms with Crippen molar-refractivity contribution in [1.82, 2.24) is 10.3 Å². The molecule has 2 atom stereocenters. The number of hydrogen-bond donors (Lipinski definition) is 3. The van der Waals surface area contributed by atoms with Gasteiger partial charge in [0.15, 0.2) is 0 Å². The van der Waals surface area contributed by atoms with Gasteiger partial charge < -0.3 is 15.5 Å². The average molecular weight is 438 g/mol. The molecule has 1 aliphatic rings. The lowest BCUT2D eigenvalue weighted by Gasteiger charge is -2.38. The first-order valence-corrected chi connectivity index (χ1v) is 9.61. The van der Waals surface area contributed by atoms with Gasteiger partial charge in [0.1, 0.15) is 5.60 Å². The number of halogens is 3. The number of pyridine rings is 1. The number of carbonyl (C=O) groups excluding carboxylic acids is 1. The predicted octanol–water partition coefficient (Wildman–Crippen LogP) is 3.26. The van der Waals surface area contributed by atoms with Gasteiger partial charge in [-0.2, -0.15) is 5.26 Å². The molecule has 0 aliphatic heterocycles. The highest BCUT2D eigenvalue weighted by atomic mass is 35.5. The number of fused-ring (bicyclic) bond motifs is 1. The Morgan fingerprint density at radius 2 is 2.14 bits per heavy atom. The first-order valence-electron chi connectivity index (χ1n) is 8.85. The first kappa shape index (κ1) is 21.5. The molecule has 0 saturated heterocycles. The van der Waals surface area contributed by atoms with Crippen LogP contribution < -0.4 is 5.32 Å². The fourth-order valence-electron chi connectivity index (χ4n) is 3.57. The number of aliphatic hydroxyl groups is 2. The van der Waals surface area contributed by atoms with Crippen molar-refractivity contribution >= 4 is 29.1 Å². The number of alkyl halides is 1. The van der Waals surface area contributed by atoms with E-state index in [1.54, 1.807) is 0 Å². The van der Waals surface area contributed by atoms with E-state index in [1.807, 2.05) is 6.07 Å². The maximum Gasteiger partial charge on any atom is 0.262 e. The summed E-state index contributed by atoms with van der Waals surface area (Å²) in [7, 11) is 0. The molecule has 1 aromatic carbocycles. The molecule has 6 nitrogen and oxygen atoms in total. The fraction of sp³-hybridized carbons (Fsp3) is 0.350. The van der Waals surface area contributed by atoms with Gasteiger partial charge in [0.2, 0.25) is 5.67 Å². The lowest BCUT2D eigenvalue weighted by Crippen LogP contribution is -2.47. The summed E-state index contributed by atoms with van der Waals surface area (Å²) in [5, 5.41) is 32.3. The van der Waals surface area contributed by atoms with Crippen LogP contribution in [0.5, 0.6) is 0 Å². The SMILES string of the molecule is N#CC[C@]1(O)CC[C@@](F)(C(=O)NCc2c(Cl)cc(Cl)cc2CO)c2cccnc21. The highest BCUT2D eigenvalue weighted by molar-refractivity contribution is 6.35. The molecular formula is C20H18Cl2FN3O3. The maximum atomic E-state index is 15.8. The Morgan fingerprint density at radius 3 is 2.83 bits per heavy atom. The molecule has 0 fully saturated rings. The summed E-state index contributed by atoms with van der Waals surface area (Å²) >= 11 is 12.1. The molecule has 29 heavy (non-hydrogen) atoms. The second-order valence-corrected chi connectivity index (χ2v) is 7.78. The third-order valence-electron chi connectivity index (χ3n) is 5.14. The summed E-state index contributed by atoms with van der Waals surface area (Å²) in [4.78, 5) is 16.9. The van der Waals surface area contributed by atoms with Crippen LogP contribution in [0.15, 0.2) is 30.5 Å². The topological polar surface area (TPSA) is 106 Å². The van der Waals surface area contributed by atoms with Crippen LogP contribution in [0.2, 0.25) is 10.0 Å². The molecule has 0 bridgehead atoms. The van der Waals surface area contributed by atoms with Crippen molar-refractivity contribution in [2.45, 2.75) is 43.7 Å². The third kappa shape index (κ3) is 3.94. The van der Waals surface area contributed by atoms with Gasteiger partial charge in [0.25, 0.3) is 5.91 Å². The van der Waals surface area contributed by atoms with E-state index in [0.717, 1.165) is 0 Å². The van der Waals surface area contributed by atoms with Gasteiger partial charge in [-0.15, -0.1) is 0 Å². The van der Waals surface area contributed by atoms with Crippen molar-refractivity contribution in [3.8, 4) is 6.07 Å². The Balaban J connectivity index is 1.89. The zero-order valence-electron chi connectivity index (χ0n) is 15.3. The van der Waals surface area contributed by atoms with E-state index in [2.05, 4.69) is 10.3 Å². The number of nitrogens with one attached hydrogen (secondary N) is 1. The van der Waals surface area contributed by atoms with Crippen molar-refractivity contribution in [3.05, 3.63) is 62.9 Å². The first-order chi connectivity index (χ1) is 13.7. The van der Waals surface area contributed by atoms with Gasteiger partial charge in [-0.3, -0.25) is 9.78 Å². The van der Waals surface area contributed by atoms with Gasteiger partial charge in [0, 0.05) is 28.4 Å². The van der Waals surface area contributed by atoms with E-state index >= 15 is 4.39 Å². The van der Waals surface area contributed by atoms with Crippen molar-refractivity contribution in [3.63, 3.8) is 0 Å². The monoisotopic (exact) mass is 437 g/mol. The van der Waals surface area contributed by atoms with Crippen molar-refractivity contribution < 1.29 is 19.4 Å². The van der Waals surface area contributed by atoms with Gasteiger partial charge in [0.05, 0.1) is 24.8 Å². The van der Waals surface area contributed by atoms with Gasteiger partial charge in [-0.25, -0.2) is 4.39 Å². The summed E-state index contributed by atoms with van der Waals surface area (Å²) in [6.45, 7) is -0.464. The number of carbonyl (C=O) groups is 1. The van der Waals surface area contributed by atoms with Crippen LogP contribution in [0.3, 0.4) is 0 Å². The minimum atomic E-state index is -2.43. The summed E-state index contributed by atoms with van der Waals surface area (Å²) in [5.41, 5.74) is -3.26. The van der Waals surface area contributed by atoms with E-state index in [0.29, 0.717) is 16.1 Å². The van der Waals surface area contributed by atoms with Crippen molar-refractivity contribution in [2.75, 3.05) is 0 Å². The molecule has 0 unspecified atom stereocenters. The summed E-state index contributed by atoms with van der Waals surface area (Å²) in [6, 6.07) is 7.73. The maximum absolute atomic E-state index is 15.8. The normalized spacial score (nSPS) is 23.2. The van der Waals surface area contributed by atoms with Crippen LogP contribution in [0.1, 0.15) is 41.6 Å². The van der Waals surface area contributed by atoms with E-state index in [1.165, 1.54) is 30.5 Å². The molecule has 0 spiro atoms. The second kappa shape index (κ2) is 8.25. The summed E-state index contributed by atoms with van der Waals surface area (Å²) in [6.07, 6.45) is 0.690. The molecule has 1 heterocycles. The number of rotatable bonds is 5. The Morgan fingerprint density at radius 1 is 1.38 bits per heavy atom. The Bertz CT molecular complexity index is 997. The Hall–Kier alpha value is -2.24. The Kier molecular flexibility index (Phi) is 6.11. The fourth-order valence-corrected chi connectivity index (χ4v) is 4.17. The van der Waals surface area contributed by atoms with E-state index in [-0.39, 0.29) is 48.7 Å². The third-order valence-corrected chi connectivity index (χ3v) is 5.69. The molecule has 0 saturated carbocycles. The van der Waals surface area contributed by atoms with Crippen LogP contribution in [0.4, 0.5) is 4.39 Å². The summed E-state index contributed by atoms with van der Waals surface area (Å²) in [5.74, 6) is -0.916. The van der Waals surface area contributed by atoms with Gasteiger partial charge in [-0.1, -0.05) is 29.3 Å². The average Bonchev–Trinajstić information content (AvgIpc) is 2.70. The zero-order chi connectivity index (χ0) is 21.2. The number of aliphatic hydroxyl groups excluding tert-OH is 1. The van der Waals surface area contributed by atoms with Crippen LogP contribution >= 0.6 is 23.2 Å². The van der Waals surface area contributed by atoms with E-state index in [4.69, 9.17) is 28.5 Å². The van der Waals surface area contributed by atoms with Crippen molar-refractivity contribution in [1.29, 1.82) is 5.26 Å². The lowest BCUT2D eigenvalue weighted by molar-refractivity contribution is -0.137. The minimum Gasteiger partial charge on any atom is -0.392 e. The minimum absolute atomic E-state index is 0.00831. The van der Waals surface area contributed by atoms with E-state index in [9.17, 15) is 15.0 Å². The number of nitriles is 1. The van der Waals surface area contributed by atoms with Crippen molar-refractivity contribution in [2.24, 2.45) is 0 Å². The highest BCUT2D eigenvalue weighted by Crippen LogP contribution is 2.46. The second-order valence-electron chi connectivity index (χ2n) is 6.93. The number of benzene rings is 1. The van der Waals surface area contributed by atoms with E-state index < -0.39 is 17.2 Å². The van der Waals surface area contributed by atoms with Gasteiger partial charge in [-0.05, 0) is 42.2 Å². The lowest BCUT2D eigenvalue weighted by atomic mass is 9.73. The number of hydrogen-bond acceptors (Lipinski definition) is 5. The number of nitrogens with zero attached hydrogens (tertiary/aromatic N) is 2. The molecule has 2 aromatic rings. The molecule has 152 valence electrons. The molecule has 1 aromatic heterocycles.